The highest BCUT2D eigenvalue weighted by Gasteiger charge is 2.38. The van der Waals surface area contributed by atoms with Crippen LogP contribution in [0.3, 0.4) is 0 Å². The van der Waals surface area contributed by atoms with Gasteiger partial charge < -0.3 is 5.11 Å². The second kappa shape index (κ2) is 5.34. The molecule has 1 atom stereocenters. The zero-order valence-electron chi connectivity index (χ0n) is 13.0. The molecule has 1 unspecified atom stereocenters. The Hall–Kier alpha value is -1.87. The molecule has 0 radical (unpaired) electrons. The van der Waals surface area contributed by atoms with Crippen molar-refractivity contribution in [3.8, 4) is 0 Å². The van der Waals surface area contributed by atoms with Gasteiger partial charge in [0.1, 0.15) is 5.60 Å². The Kier molecular flexibility index (Phi) is 3.42. The Morgan fingerprint density at radius 1 is 1.04 bits per heavy atom. The van der Waals surface area contributed by atoms with E-state index in [4.69, 9.17) is 11.6 Å². The Morgan fingerprint density at radius 3 is 2.74 bits per heavy atom. The number of likely N-dealkylation sites (N-methyl/N-ethyl adjacent to an activating group) is 1. The molecule has 1 aliphatic heterocycles. The predicted molar refractivity (Wildman–Crippen MR) is 94.7 cm³/mol. The molecule has 0 aliphatic carbocycles. The summed E-state index contributed by atoms with van der Waals surface area (Å²) in [6.45, 7) is 1.42. The average Bonchev–Trinajstić information content (AvgIpc) is 2.55. The van der Waals surface area contributed by atoms with Crippen molar-refractivity contribution in [2.75, 3.05) is 13.6 Å². The van der Waals surface area contributed by atoms with E-state index < -0.39 is 5.60 Å². The molecule has 0 spiro atoms. The number of rotatable bonds is 1. The second-order valence-corrected chi connectivity index (χ2v) is 6.77. The topological polar surface area (TPSA) is 23.5 Å². The van der Waals surface area contributed by atoms with E-state index in [1.807, 2.05) is 61.6 Å². The molecule has 3 heteroatoms. The molecule has 0 fully saturated rings. The summed E-state index contributed by atoms with van der Waals surface area (Å²) in [7, 11) is 2.04. The van der Waals surface area contributed by atoms with E-state index in [0.717, 1.165) is 28.4 Å². The molecule has 1 N–H and O–H groups in total. The standard InChI is InChI=1S/C20H18ClNO/c1-22-12-15-5-2-3-7-18(15)20(23,13-22)16-10-9-14-6-4-8-19(21)17(14)11-16/h2-11,23H,12-13H2,1H3. The molecule has 3 aromatic carbocycles. The Bertz CT molecular complexity index is 892. The Morgan fingerprint density at radius 2 is 1.87 bits per heavy atom. The lowest BCUT2D eigenvalue weighted by Gasteiger charge is -2.39. The number of fused-ring (bicyclic) bond motifs is 2. The fourth-order valence-corrected chi connectivity index (χ4v) is 3.86. The van der Waals surface area contributed by atoms with Gasteiger partial charge in [0.25, 0.3) is 0 Å². The minimum absolute atomic E-state index is 0.569. The van der Waals surface area contributed by atoms with E-state index in [1.54, 1.807) is 0 Å². The molecule has 2 nitrogen and oxygen atoms in total. The van der Waals surface area contributed by atoms with Gasteiger partial charge in [-0.05, 0) is 41.3 Å². The first-order chi connectivity index (χ1) is 11.1. The quantitative estimate of drug-likeness (QED) is 0.726. The lowest BCUT2D eigenvalue weighted by molar-refractivity contribution is 0.0284. The maximum absolute atomic E-state index is 11.5. The van der Waals surface area contributed by atoms with E-state index in [9.17, 15) is 5.11 Å². The van der Waals surface area contributed by atoms with E-state index in [0.29, 0.717) is 11.6 Å². The number of benzene rings is 3. The number of hydrogen-bond donors (Lipinski definition) is 1. The van der Waals surface area contributed by atoms with Crippen LogP contribution in [-0.2, 0) is 12.1 Å². The summed E-state index contributed by atoms with van der Waals surface area (Å²) in [5.41, 5.74) is 2.03. The number of aliphatic hydroxyl groups is 1. The Balaban J connectivity index is 1.94. The normalized spacial score (nSPS) is 21.3. The molecule has 4 rings (SSSR count). The van der Waals surface area contributed by atoms with E-state index >= 15 is 0 Å². The minimum Gasteiger partial charge on any atom is -0.379 e. The molecule has 1 aliphatic rings. The van der Waals surface area contributed by atoms with Crippen molar-refractivity contribution in [2.45, 2.75) is 12.1 Å². The fourth-order valence-electron chi connectivity index (χ4n) is 3.62. The van der Waals surface area contributed by atoms with Crippen LogP contribution >= 0.6 is 11.6 Å². The number of β-amino-alcohol motifs (C(OH)–C–C–N with tert-alkyl or cyclic N) is 1. The summed E-state index contributed by atoms with van der Waals surface area (Å²) >= 11 is 6.35. The molecule has 0 aromatic heterocycles. The van der Waals surface area contributed by atoms with Crippen LogP contribution in [0.4, 0.5) is 0 Å². The van der Waals surface area contributed by atoms with Gasteiger partial charge in [-0.1, -0.05) is 60.1 Å². The fraction of sp³-hybridized carbons (Fsp3) is 0.200. The molecule has 0 saturated carbocycles. The van der Waals surface area contributed by atoms with Crippen LogP contribution in [0.5, 0.6) is 0 Å². The lowest BCUT2D eigenvalue weighted by atomic mass is 9.80. The van der Waals surface area contributed by atoms with Gasteiger partial charge in [0.05, 0.1) is 0 Å². The Labute approximate surface area is 140 Å². The first-order valence-corrected chi connectivity index (χ1v) is 8.14. The zero-order valence-corrected chi connectivity index (χ0v) is 13.7. The van der Waals surface area contributed by atoms with E-state index in [1.165, 1.54) is 5.56 Å². The van der Waals surface area contributed by atoms with Crippen molar-refractivity contribution in [1.82, 2.24) is 4.90 Å². The van der Waals surface area contributed by atoms with Gasteiger partial charge in [0.15, 0.2) is 0 Å². The molecular formula is C20H18ClNO. The van der Waals surface area contributed by atoms with E-state index in [-0.39, 0.29) is 0 Å². The predicted octanol–water partition coefficient (Wildman–Crippen LogP) is 4.17. The monoisotopic (exact) mass is 323 g/mol. The largest absolute Gasteiger partial charge is 0.379 e. The van der Waals surface area contributed by atoms with Crippen molar-refractivity contribution in [2.24, 2.45) is 0 Å². The van der Waals surface area contributed by atoms with Crippen molar-refractivity contribution >= 4 is 22.4 Å². The van der Waals surface area contributed by atoms with Gasteiger partial charge in [-0.3, -0.25) is 4.90 Å². The minimum atomic E-state index is -1.02. The van der Waals surface area contributed by atoms with Gasteiger partial charge in [0, 0.05) is 23.5 Å². The van der Waals surface area contributed by atoms with Crippen LogP contribution in [-0.4, -0.2) is 23.6 Å². The van der Waals surface area contributed by atoms with Gasteiger partial charge in [-0.15, -0.1) is 0 Å². The molecule has 23 heavy (non-hydrogen) atoms. The van der Waals surface area contributed by atoms with Crippen LogP contribution in [0.25, 0.3) is 10.8 Å². The van der Waals surface area contributed by atoms with Crippen LogP contribution in [0.15, 0.2) is 60.7 Å². The summed E-state index contributed by atoms with van der Waals surface area (Å²) in [5.74, 6) is 0. The first-order valence-electron chi connectivity index (χ1n) is 7.76. The van der Waals surface area contributed by atoms with Gasteiger partial charge in [0.2, 0.25) is 0 Å². The second-order valence-electron chi connectivity index (χ2n) is 6.37. The third-order valence-electron chi connectivity index (χ3n) is 4.71. The molecule has 116 valence electrons. The van der Waals surface area contributed by atoms with Gasteiger partial charge in [-0.25, -0.2) is 0 Å². The SMILES string of the molecule is CN1Cc2ccccc2C(O)(c2ccc3cccc(Cl)c3c2)C1. The lowest BCUT2D eigenvalue weighted by Crippen LogP contribution is -2.44. The zero-order chi connectivity index (χ0) is 16.0. The van der Waals surface area contributed by atoms with Crippen LogP contribution < -0.4 is 0 Å². The maximum Gasteiger partial charge on any atom is 0.128 e. The van der Waals surface area contributed by atoms with Crippen LogP contribution in [0, 0.1) is 0 Å². The van der Waals surface area contributed by atoms with Crippen molar-refractivity contribution in [1.29, 1.82) is 0 Å². The summed E-state index contributed by atoms with van der Waals surface area (Å²) in [4.78, 5) is 2.15. The molecule has 0 saturated heterocycles. The molecule has 0 bridgehead atoms. The van der Waals surface area contributed by atoms with Gasteiger partial charge >= 0.3 is 0 Å². The summed E-state index contributed by atoms with van der Waals surface area (Å²) in [6, 6.07) is 20.1. The molecule has 3 aromatic rings. The highest BCUT2D eigenvalue weighted by molar-refractivity contribution is 6.35. The number of nitrogens with zero attached hydrogens (tertiary/aromatic N) is 1. The average molecular weight is 324 g/mol. The third-order valence-corrected chi connectivity index (χ3v) is 5.04. The van der Waals surface area contributed by atoms with Crippen LogP contribution in [0.1, 0.15) is 16.7 Å². The van der Waals surface area contributed by atoms with Gasteiger partial charge in [-0.2, -0.15) is 0 Å². The third kappa shape index (κ3) is 2.34. The molecule has 0 amide bonds. The van der Waals surface area contributed by atoms with Crippen molar-refractivity contribution < 1.29 is 5.11 Å². The number of hydrogen-bond acceptors (Lipinski definition) is 2. The number of halogens is 1. The van der Waals surface area contributed by atoms with Crippen molar-refractivity contribution in [3.63, 3.8) is 0 Å². The summed E-state index contributed by atoms with van der Waals surface area (Å²) in [6.07, 6.45) is 0. The van der Waals surface area contributed by atoms with Crippen molar-refractivity contribution in [3.05, 3.63) is 82.4 Å². The first kappa shape index (κ1) is 14.7. The highest BCUT2D eigenvalue weighted by atomic mass is 35.5. The summed E-state index contributed by atoms with van der Waals surface area (Å²) < 4.78 is 0. The molecule has 1 heterocycles. The maximum atomic E-state index is 11.5. The molecular weight excluding hydrogens is 306 g/mol. The smallest absolute Gasteiger partial charge is 0.128 e. The summed E-state index contributed by atoms with van der Waals surface area (Å²) in [5, 5.41) is 14.3. The highest BCUT2D eigenvalue weighted by Crippen LogP contribution is 2.38. The van der Waals surface area contributed by atoms with E-state index in [2.05, 4.69) is 11.0 Å². The van der Waals surface area contributed by atoms with Crippen LogP contribution in [0.2, 0.25) is 5.02 Å².